The normalized spacial score (nSPS) is 33.1. The van der Waals surface area contributed by atoms with Gasteiger partial charge < -0.3 is 10.5 Å². The number of halogens is 1. The first kappa shape index (κ1) is 12.6. The van der Waals surface area contributed by atoms with Crippen LogP contribution in [0.1, 0.15) is 30.4 Å². The maximum atomic E-state index is 13.3. The first-order valence-electron chi connectivity index (χ1n) is 6.53. The monoisotopic (exact) mass is 263 g/mol. The molecule has 0 amide bonds. The van der Waals surface area contributed by atoms with E-state index < -0.39 is 6.04 Å². The summed E-state index contributed by atoms with van der Waals surface area (Å²) in [7, 11) is 1.37. The average molecular weight is 263 g/mol. The van der Waals surface area contributed by atoms with Gasteiger partial charge in [-0.25, -0.2) is 4.39 Å². The van der Waals surface area contributed by atoms with E-state index in [1.807, 2.05) is 12.1 Å². The highest BCUT2D eigenvalue weighted by Gasteiger charge is 2.71. The Kier molecular flexibility index (Phi) is 2.52. The number of rotatable bonds is 3. The molecule has 3 saturated carbocycles. The number of carbonyl (C=O) groups excluding carboxylic acids is 1. The fraction of sp³-hybridized carbons (Fsp3) is 0.533. The summed E-state index contributed by atoms with van der Waals surface area (Å²) >= 11 is 0. The zero-order valence-electron chi connectivity index (χ0n) is 11.2. The highest BCUT2D eigenvalue weighted by atomic mass is 19.1. The molecule has 3 fully saturated rings. The number of hydrogen-bond donors (Lipinski definition) is 1. The molecule has 2 N–H and O–H groups in total. The summed E-state index contributed by atoms with van der Waals surface area (Å²) < 4.78 is 18.0. The molecule has 2 bridgehead atoms. The third-order valence-electron chi connectivity index (χ3n) is 4.96. The first-order valence-corrected chi connectivity index (χ1v) is 6.53. The molecule has 0 heterocycles. The molecule has 102 valence electrons. The topological polar surface area (TPSA) is 52.3 Å². The molecule has 1 unspecified atom stereocenters. The molecule has 0 spiro atoms. The number of ether oxygens (including phenoxy) is 1. The summed E-state index contributed by atoms with van der Waals surface area (Å²) in [5, 5.41) is 0. The predicted molar refractivity (Wildman–Crippen MR) is 69.1 cm³/mol. The zero-order valence-corrected chi connectivity index (χ0v) is 11.2. The molecular weight excluding hydrogens is 245 g/mol. The Morgan fingerprint density at radius 2 is 2.05 bits per heavy atom. The Bertz CT molecular complexity index is 535. The predicted octanol–water partition coefficient (Wildman–Crippen LogP) is 2.06. The highest BCUT2D eigenvalue weighted by molar-refractivity contribution is 5.77. The van der Waals surface area contributed by atoms with Gasteiger partial charge in [-0.1, -0.05) is 12.1 Å². The van der Waals surface area contributed by atoms with Crippen molar-refractivity contribution in [2.75, 3.05) is 7.11 Å². The summed E-state index contributed by atoms with van der Waals surface area (Å²) in [5.41, 5.74) is 7.84. The molecule has 1 atom stereocenters. The van der Waals surface area contributed by atoms with Crippen molar-refractivity contribution in [1.29, 1.82) is 0 Å². The maximum absolute atomic E-state index is 13.3. The van der Waals surface area contributed by atoms with Gasteiger partial charge in [0.15, 0.2) is 0 Å². The number of esters is 1. The van der Waals surface area contributed by atoms with Crippen LogP contribution in [0.25, 0.3) is 0 Å². The van der Waals surface area contributed by atoms with E-state index in [-0.39, 0.29) is 22.6 Å². The molecule has 1 aromatic rings. The van der Waals surface area contributed by atoms with Gasteiger partial charge in [-0.2, -0.15) is 0 Å². The van der Waals surface area contributed by atoms with Crippen LogP contribution in [0.4, 0.5) is 4.39 Å². The second-order valence-corrected chi connectivity index (χ2v) is 6.14. The maximum Gasteiger partial charge on any atom is 0.323 e. The van der Waals surface area contributed by atoms with Crippen LogP contribution in [-0.4, -0.2) is 19.1 Å². The minimum atomic E-state index is -0.527. The molecule has 0 radical (unpaired) electrons. The first-order chi connectivity index (χ1) is 8.92. The SMILES string of the molecule is COC(=O)C(N)C12CC(c3ccc(F)c(C)c3)(C1)C2. The van der Waals surface area contributed by atoms with Crippen LogP contribution in [0.5, 0.6) is 0 Å². The van der Waals surface area contributed by atoms with Gasteiger partial charge in [0.05, 0.1) is 7.11 Å². The molecule has 0 saturated heterocycles. The van der Waals surface area contributed by atoms with E-state index in [1.165, 1.54) is 18.7 Å². The van der Waals surface area contributed by atoms with E-state index in [9.17, 15) is 9.18 Å². The third kappa shape index (κ3) is 1.56. The van der Waals surface area contributed by atoms with E-state index in [4.69, 9.17) is 10.5 Å². The lowest BCUT2D eigenvalue weighted by atomic mass is 9.31. The second kappa shape index (κ2) is 3.79. The van der Waals surface area contributed by atoms with Crippen molar-refractivity contribution in [3.8, 4) is 0 Å². The second-order valence-electron chi connectivity index (χ2n) is 6.14. The quantitative estimate of drug-likeness (QED) is 0.849. The van der Waals surface area contributed by atoms with Crippen molar-refractivity contribution in [1.82, 2.24) is 0 Å². The van der Waals surface area contributed by atoms with Gasteiger partial charge in [-0.15, -0.1) is 0 Å². The summed E-state index contributed by atoms with van der Waals surface area (Å²) in [4.78, 5) is 11.5. The lowest BCUT2D eigenvalue weighted by Crippen LogP contribution is -2.72. The molecule has 4 heteroatoms. The Balaban J connectivity index is 1.76. The number of hydrogen-bond acceptors (Lipinski definition) is 3. The molecule has 3 nitrogen and oxygen atoms in total. The molecule has 4 rings (SSSR count). The van der Waals surface area contributed by atoms with Crippen molar-refractivity contribution in [2.45, 2.75) is 37.6 Å². The van der Waals surface area contributed by atoms with E-state index in [2.05, 4.69) is 0 Å². The minimum Gasteiger partial charge on any atom is -0.468 e. The van der Waals surface area contributed by atoms with Crippen molar-refractivity contribution < 1.29 is 13.9 Å². The fourth-order valence-corrected chi connectivity index (χ4v) is 3.85. The van der Waals surface area contributed by atoms with Crippen molar-refractivity contribution >= 4 is 5.97 Å². The van der Waals surface area contributed by atoms with Crippen LogP contribution < -0.4 is 5.73 Å². The van der Waals surface area contributed by atoms with E-state index in [0.29, 0.717) is 5.56 Å². The average Bonchev–Trinajstić information content (AvgIpc) is 2.29. The Morgan fingerprint density at radius 3 is 2.58 bits per heavy atom. The number of benzene rings is 1. The van der Waals surface area contributed by atoms with E-state index >= 15 is 0 Å². The lowest BCUT2D eigenvalue weighted by molar-refractivity contribution is -0.181. The largest absolute Gasteiger partial charge is 0.468 e. The van der Waals surface area contributed by atoms with Crippen molar-refractivity contribution in [2.24, 2.45) is 11.1 Å². The number of nitrogens with two attached hydrogens (primary N) is 1. The standard InChI is InChI=1S/C15H18FNO2/c1-9-5-10(3-4-11(9)16)14-6-15(7-14,8-14)12(17)13(18)19-2/h3-5,12H,6-8,17H2,1-2H3. The lowest BCUT2D eigenvalue weighted by Gasteiger charge is -2.72. The molecule has 0 aromatic heterocycles. The summed E-state index contributed by atoms with van der Waals surface area (Å²) in [6.07, 6.45) is 2.71. The highest BCUT2D eigenvalue weighted by Crippen LogP contribution is 2.74. The van der Waals surface area contributed by atoms with Crippen LogP contribution in [0.3, 0.4) is 0 Å². The van der Waals surface area contributed by atoms with Gasteiger partial charge in [0, 0.05) is 0 Å². The van der Waals surface area contributed by atoms with Crippen molar-refractivity contribution in [3.63, 3.8) is 0 Å². The van der Waals surface area contributed by atoms with Gasteiger partial charge in [-0.3, -0.25) is 4.79 Å². The third-order valence-corrected chi connectivity index (χ3v) is 4.96. The van der Waals surface area contributed by atoms with E-state index in [0.717, 1.165) is 19.3 Å². The summed E-state index contributed by atoms with van der Waals surface area (Å²) in [6.45, 7) is 1.78. The molecule has 3 aliphatic rings. The summed E-state index contributed by atoms with van der Waals surface area (Å²) in [5.74, 6) is -0.500. The fourth-order valence-electron chi connectivity index (χ4n) is 3.85. The van der Waals surface area contributed by atoms with Gasteiger partial charge in [0.25, 0.3) is 0 Å². The smallest absolute Gasteiger partial charge is 0.323 e. The number of carbonyl (C=O) groups is 1. The number of methoxy groups -OCH3 is 1. The molecule has 3 aliphatic carbocycles. The molecule has 1 aromatic carbocycles. The Labute approximate surface area is 111 Å². The minimum absolute atomic E-state index is 0.0879. The van der Waals surface area contributed by atoms with Gasteiger partial charge in [0.1, 0.15) is 11.9 Å². The molecular formula is C15H18FNO2. The van der Waals surface area contributed by atoms with Crippen LogP contribution >= 0.6 is 0 Å². The van der Waals surface area contributed by atoms with Crippen molar-refractivity contribution in [3.05, 3.63) is 35.1 Å². The molecule has 19 heavy (non-hydrogen) atoms. The zero-order chi connectivity index (χ0) is 13.8. The van der Waals surface area contributed by atoms with Crippen LogP contribution in [0.15, 0.2) is 18.2 Å². The Hall–Kier alpha value is -1.42. The molecule has 0 aliphatic heterocycles. The van der Waals surface area contributed by atoms with Crippen LogP contribution in [0, 0.1) is 18.2 Å². The van der Waals surface area contributed by atoms with E-state index in [1.54, 1.807) is 6.92 Å². The van der Waals surface area contributed by atoms with Crippen LogP contribution in [-0.2, 0) is 14.9 Å². The van der Waals surface area contributed by atoms with Gasteiger partial charge in [-0.05, 0) is 54.2 Å². The van der Waals surface area contributed by atoms with Crippen LogP contribution in [0.2, 0.25) is 0 Å². The van der Waals surface area contributed by atoms with Gasteiger partial charge >= 0.3 is 5.97 Å². The van der Waals surface area contributed by atoms with Gasteiger partial charge in [0.2, 0.25) is 0 Å². The Morgan fingerprint density at radius 1 is 1.42 bits per heavy atom. The number of aryl methyl sites for hydroxylation is 1. The summed E-state index contributed by atoms with van der Waals surface area (Å²) in [6, 6.07) is 4.77.